The fourth-order valence-corrected chi connectivity index (χ4v) is 4.11. The number of unbranched alkanes of at least 4 members (excludes halogenated alkanes) is 1. The van der Waals surface area contributed by atoms with Gasteiger partial charge < -0.3 is 10.6 Å². The fraction of sp³-hybridized carbons (Fsp3) is 0.571. The van der Waals surface area contributed by atoms with Crippen molar-refractivity contribution in [3.63, 3.8) is 0 Å². The Bertz CT molecular complexity index is 685. The molecule has 1 aromatic carbocycles. The van der Waals surface area contributed by atoms with Gasteiger partial charge in [-0.3, -0.25) is 14.5 Å². The summed E-state index contributed by atoms with van der Waals surface area (Å²) < 4.78 is 0. The molecule has 1 unspecified atom stereocenters. The van der Waals surface area contributed by atoms with Gasteiger partial charge in [-0.2, -0.15) is 0 Å². The molecule has 2 aliphatic rings. The van der Waals surface area contributed by atoms with Gasteiger partial charge in [-0.05, 0) is 24.8 Å². The monoisotopic (exact) mass is 371 g/mol. The van der Waals surface area contributed by atoms with Gasteiger partial charge in [0.25, 0.3) is 5.91 Å². The molecule has 1 aliphatic heterocycles. The van der Waals surface area contributed by atoms with Gasteiger partial charge in [0.2, 0.25) is 5.91 Å². The average molecular weight is 371 g/mol. The van der Waals surface area contributed by atoms with Crippen LogP contribution in [-0.4, -0.2) is 35.3 Å². The molecule has 0 radical (unpaired) electrons. The molecule has 6 heteroatoms. The maximum atomic E-state index is 13.2. The molecule has 3 rings (SSSR count). The van der Waals surface area contributed by atoms with Crippen LogP contribution in [0.25, 0.3) is 0 Å². The SMILES string of the molecule is CCCCC1(c2ccccc2)NC(=O)N(CC(=O)NC2CCCCC2)C1=O. The second-order valence-electron chi connectivity index (χ2n) is 7.60. The van der Waals surface area contributed by atoms with Gasteiger partial charge in [-0.25, -0.2) is 4.79 Å². The minimum atomic E-state index is -1.07. The molecular formula is C21H29N3O3. The molecule has 0 spiro atoms. The zero-order valence-corrected chi connectivity index (χ0v) is 16.0. The molecule has 1 heterocycles. The number of urea groups is 1. The van der Waals surface area contributed by atoms with Crippen molar-refractivity contribution in [2.75, 3.05) is 6.54 Å². The summed E-state index contributed by atoms with van der Waals surface area (Å²) in [5.74, 6) is -0.587. The van der Waals surface area contributed by atoms with E-state index in [1.165, 1.54) is 6.42 Å². The van der Waals surface area contributed by atoms with E-state index in [9.17, 15) is 14.4 Å². The lowest BCUT2D eigenvalue weighted by molar-refractivity contribution is -0.135. The molecule has 0 bridgehead atoms. The minimum Gasteiger partial charge on any atom is -0.352 e. The van der Waals surface area contributed by atoms with E-state index in [-0.39, 0.29) is 24.4 Å². The molecule has 6 nitrogen and oxygen atoms in total. The summed E-state index contributed by atoms with van der Waals surface area (Å²) >= 11 is 0. The lowest BCUT2D eigenvalue weighted by atomic mass is 9.85. The molecule has 0 aromatic heterocycles. The van der Waals surface area contributed by atoms with Gasteiger partial charge in [0, 0.05) is 6.04 Å². The Morgan fingerprint density at radius 3 is 2.56 bits per heavy atom. The summed E-state index contributed by atoms with van der Waals surface area (Å²) in [5.41, 5.74) is -0.300. The zero-order valence-electron chi connectivity index (χ0n) is 16.0. The summed E-state index contributed by atoms with van der Waals surface area (Å²) in [5, 5.41) is 5.87. The number of hydrogen-bond donors (Lipinski definition) is 2. The van der Waals surface area contributed by atoms with Crippen LogP contribution in [0.2, 0.25) is 0 Å². The van der Waals surface area contributed by atoms with E-state index in [4.69, 9.17) is 0 Å². The predicted molar refractivity (Wildman–Crippen MR) is 103 cm³/mol. The Morgan fingerprint density at radius 1 is 1.19 bits per heavy atom. The number of hydrogen-bond acceptors (Lipinski definition) is 3. The Kier molecular flexibility index (Phi) is 6.14. The molecule has 1 atom stereocenters. The standard InChI is InChI=1S/C21H29N3O3/c1-2-3-14-21(16-10-6-4-7-11-16)19(26)24(20(27)23-21)15-18(25)22-17-12-8-5-9-13-17/h4,6-7,10-11,17H,2-3,5,8-9,12-15H2,1H3,(H,22,25)(H,23,27). The third kappa shape index (κ3) is 4.15. The van der Waals surface area contributed by atoms with Crippen LogP contribution in [0.15, 0.2) is 30.3 Å². The van der Waals surface area contributed by atoms with Crippen LogP contribution >= 0.6 is 0 Å². The van der Waals surface area contributed by atoms with E-state index >= 15 is 0 Å². The first kappa shape index (κ1) is 19.4. The first-order valence-electron chi connectivity index (χ1n) is 10.1. The maximum absolute atomic E-state index is 13.2. The predicted octanol–water partition coefficient (Wildman–Crippen LogP) is 3.07. The number of amides is 4. The van der Waals surface area contributed by atoms with Gasteiger partial charge in [0.05, 0.1) is 0 Å². The van der Waals surface area contributed by atoms with Gasteiger partial charge in [0.1, 0.15) is 12.1 Å². The maximum Gasteiger partial charge on any atom is 0.325 e. The highest BCUT2D eigenvalue weighted by Gasteiger charge is 2.52. The molecule has 2 fully saturated rings. The van der Waals surface area contributed by atoms with Crippen LogP contribution in [0.3, 0.4) is 0 Å². The van der Waals surface area contributed by atoms with Gasteiger partial charge in [-0.15, -0.1) is 0 Å². The number of carbonyl (C=O) groups excluding carboxylic acids is 3. The molecule has 4 amide bonds. The van der Waals surface area contributed by atoms with Gasteiger partial charge >= 0.3 is 6.03 Å². The van der Waals surface area contributed by atoms with E-state index in [0.717, 1.165) is 49.0 Å². The lowest BCUT2D eigenvalue weighted by Gasteiger charge is -2.27. The highest BCUT2D eigenvalue weighted by atomic mass is 16.2. The molecule has 1 saturated heterocycles. The summed E-state index contributed by atoms with van der Waals surface area (Å²) in [6.07, 6.45) is 7.62. The molecule has 1 aromatic rings. The van der Waals surface area contributed by atoms with Crippen molar-refractivity contribution < 1.29 is 14.4 Å². The second kappa shape index (κ2) is 8.55. The normalized spacial score (nSPS) is 23.4. The molecule has 27 heavy (non-hydrogen) atoms. The third-order valence-corrected chi connectivity index (χ3v) is 5.62. The first-order valence-corrected chi connectivity index (χ1v) is 10.1. The molecule has 1 saturated carbocycles. The van der Waals surface area contributed by atoms with E-state index in [1.807, 2.05) is 30.3 Å². The largest absolute Gasteiger partial charge is 0.352 e. The minimum absolute atomic E-state index is 0.158. The van der Waals surface area contributed by atoms with Crippen LogP contribution in [0.1, 0.15) is 63.9 Å². The lowest BCUT2D eigenvalue weighted by Crippen LogP contribution is -2.46. The molecular weight excluding hydrogens is 342 g/mol. The Morgan fingerprint density at radius 2 is 1.89 bits per heavy atom. The zero-order chi connectivity index (χ0) is 19.3. The summed E-state index contributed by atoms with van der Waals surface area (Å²) in [6.45, 7) is 1.83. The van der Waals surface area contributed by atoms with Gasteiger partial charge in [-0.1, -0.05) is 69.4 Å². The van der Waals surface area contributed by atoms with Crippen molar-refractivity contribution in [1.29, 1.82) is 0 Å². The number of benzene rings is 1. The van der Waals surface area contributed by atoms with E-state index in [0.29, 0.717) is 6.42 Å². The first-order chi connectivity index (χ1) is 13.1. The smallest absolute Gasteiger partial charge is 0.325 e. The van der Waals surface area contributed by atoms with Crippen molar-refractivity contribution in [2.24, 2.45) is 0 Å². The van der Waals surface area contributed by atoms with Crippen molar-refractivity contribution in [3.8, 4) is 0 Å². The highest BCUT2D eigenvalue weighted by Crippen LogP contribution is 2.34. The van der Waals surface area contributed by atoms with E-state index in [1.54, 1.807) is 0 Å². The number of carbonyl (C=O) groups is 3. The Hall–Kier alpha value is -2.37. The third-order valence-electron chi connectivity index (χ3n) is 5.62. The molecule has 1 aliphatic carbocycles. The van der Waals surface area contributed by atoms with Gasteiger partial charge in [0.15, 0.2) is 0 Å². The average Bonchev–Trinajstić information content (AvgIpc) is 2.93. The van der Waals surface area contributed by atoms with E-state index in [2.05, 4.69) is 17.6 Å². The molecule has 2 N–H and O–H groups in total. The number of nitrogens with one attached hydrogen (secondary N) is 2. The molecule has 146 valence electrons. The van der Waals surface area contributed by atoms with Crippen LogP contribution in [-0.2, 0) is 15.1 Å². The van der Waals surface area contributed by atoms with Crippen molar-refractivity contribution >= 4 is 17.8 Å². The quantitative estimate of drug-likeness (QED) is 0.723. The number of rotatable bonds is 7. The summed E-state index contributed by atoms with van der Waals surface area (Å²) in [4.78, 5) is 39.3. The summed E-state index contributed by atoms with van der Waals surface area (Å²) in [6, 6.07) is 9.00. The number of nitrogens with zero attached hydrogens (tertiary/aromatic N) is 1. The second-order valence-corrected chi connectivity index (χ2v) is 7.60. The Balaban J connectivity index is 1.74. The highest BCUT2D eigenvalue weighted by molar-refractivity contribution is 6.09. The van der Waals surface area contributed by atoms with E-state index < -0.39 is 11.6 Å². The number of imide groups is 1. The van der Waals surface area contributed by atoms with Crippen LogP contribution in [0.5, 0.6) is 0 Å². The van der Waals surface area contributed by atoms with Crippen molar-refractivity contribution in [2.45, 2.75) is 69.9 Å². The van der Waals surface area contributed by atoms with Crippen LogP contribution in [0.4, 0.5) is 4.79 Å². The van der Waals surface area contributed by atoms with Crippen molar-refractivity contribution in [1.82, 2.24) is 15.5 Å². The van der Waals surface area contributed by atoms with Crippen molar-refractivity contribution in [3.05, 3.63) is 35.9 Å². The van der Waals surface area contributed by atoms with Crippen LogP contribution < -0.4 is 10.6 Å². The van der Waals surface area contributed by atoms with Crippen LogP contribution in [0, 0.1) is 0 Å². The summed E-state index contributed by atoms with van der Waals surface area (Å²) in [7, 11) is 0. The Labute approximate surface area is 160 Å². The topological polar surface area (TPSA) is 78.5 Å². The fourth-order valence-electron chi connectivity index (χ4n) is 4.11.